The largest absolute Gasteiger partial charge is 0.325 e. The molecule has 0 N–H and O–H groups in total. The number of alkyl halides is 1. The third-order valence-corrected chi connectivity index (χ3v) is 5.21. The van der Waals surface area contributed by atoms with E-state index in [0.29, 0.717) is 11.9 Å². The summed E-state index contributed by atoms with van der Waals surface area (Å²) in [4.78, 5) is 7.29. The highest BCUT2D eigenvalue weighted by molar-refractivity contribution is 6.16. The number of rotatable bonds is 5. The number of para-hydroxylation sites is 2. The van der Waals surface area contributed by atoms with E-state index in [2.05, 4.69) is 58.0 Å². The van der Waals surface area contributed by atoms with Gasteiger partial charge < -0.3 is 4.57 Å². The third kappa shape index (κ3) is 3.06. The summed E-state index contributed by atoms with van der Waals surface area (Å²) >= 11 is 6.16. The normalized spacial score (nSPS) is 18.5. The summed E-state index contributed by atoms with van der Waals surface area (Å²) in [6, 6.07) is 19.6. The van der Waals surface area contributed by atoms with Crippen LogP contribution in [0.4, 0.5) is 0 Å². The van der Waals surface area contributed by atoms with E-state index < -0.39 is 0 Å². The summed E-state index contributed by atoms with van der Waals surface area (Å²) in [5.41, 5.74) is 3.62. The fourth-order valence-corrected chi connectivity index (χ4v) is 3.97. The van der Waals surface area contributed by atoms with Gasteiger partial charge in [-0.3, -0.25) is 4.90 Å². The van der Waals surface area contributed by atoms with Crippen molar-refractivity contribution in [3.05, 3.63) is 66.0 Å². The van der Waals surface area contributed by atoms with E-state index in [1.54, 1.807) is 0 Å². The molecule has 1 saturated heterocycles. The maximum Gasteiger partial charge on any atom is 0.124 e. The van der Waals surface area contributed by atoms with Crippen molar-refractivity contribution in [3.8, 4) is 0 Å². The Balaban J connectivity index is 1.58. The molecule has 3 nitrogen and oxygen atoms in total. The van der Waals surface area contributed by atoms with Crippen molar-refractivity contribution in [2.24, 2.45) is 0 Å². The Morgan fingerprint density at radius 2 is 1.83 bits per heavy atom. The molecule has 0 amide bonds. The van der Waals surface area contributed by atoms with E-state index in [-0.39, 0.29) is 0 Å². The van der Waals surface area contributed by atoms with Crippen molar-refractivity contribution >= 4 is 22.6 Å². The summed E-state index contributed by atoms with van der Waals surface area (Å²) in [6.45, 7) is 3.16. The zero-order chi connectivity index (χ0) is 16.4. The monoisotopic (exact) mass is 339 g/mol. The molecule has 1 atom stereocenters. The molecule has 1 aromatic heterocycles. The lowest BCUT2D eigenvalue weighted by atomic mass is 10.1. The summed E-state index contributed by atoms with van der Waals surface area (Å²) in [7, 11) is 0. The molecule has 0 saturated carbocycles. The van der Waals surface area contributed by atoms with Crippen LogP contribution >= 0.6 is 11.6 Å². The van der Waals surface area contributed by atoms with Crippen LogP contribution in [0.1, 0.15) is 24.2 Å². The first-order valence-corrected chi connectivity index (χ1v) is 9.16. The van der Waals surface area contributed by atoms with E-state index in [9.17, 15) is 0 Å². The van der Waals surface area contributed by atoms with Crippen molar-refractivity contribution in [3.63, 3.8) is 0 Å². The number of hydrogen-bond donors (Lipinski definition) is 0. The van der Waals surface area contributed by atoms with Gasteiger partial charge >= 0.3 is 0 Å². The minimum atomic E-state index is 0.458. The van der Waals surface area contributed by atoms with Crippen LogP contribution in [0.5, 0.6) is 0 Å². The number of hydrogen-bond acceptors (Lipinski definition) is 2. The standard InChI is InChI=1S/C20H22ClN3/c21-13-20-22-18-10-4-5-11-19(18)24(20)15-17-9-6-12-23(17)14-16-7-2-1-3-8-16/h1-5,7-8,10-11,17H,6,9,12-15H2/t17-/m1/s1. The van der Waals surface area contributed by atoms with Gasteiger partial charge in [-0.1, -0.05) is 42.5 Å². The van der Waals surface area contributed by atoms with Gasteiger partial charge in [-0.15, -0.1) is 11.6 Å². The van der Waals surface area contributed by atoms with Crippen LogP contribution in [0.15, 0.2) is 54.6 Å². The maximum atomic E-state index is 6.16. The number of aromatic nitrogens is 2. The summed E-state index contributed by atoms with van der Waals surface area (Å²) in [6.07, 6.45) is 2.50. The number of nitrogens with zero attached hydrogens (tertiary/aromatic N) is 3. The second-order valence-corrected chi connectivity index (χ2v) is 6.78. The molecule has 0 bridgehead atoms. The highest BCUT2D eigenvalue weighted by atomic mass is 35.5. The minimum absolute atomic E-state index is 0.458. The van der Waals surface area contributed by atoms with Crippen LogP contribution in [-0.4, -0.2) is 27.0 Å². The highest BCUT2D eigenvalue weighted by Gasteiger charge is 2.26. The molecular weight excluding hydrogens is 318 g/mol. The zero-order valence-electron chi connectivity index (χ0n) is 13.7. The third-order valence-electron chi connectivity index (χ3n) is 4.97. The van der Waals surface area contributed by atoms with E-state index >= 15 is 0 Å². The van der Waals surface area contributed by atoms with Gasteiger partial charge in [-0.25, -0.2) is 4.98 Å². The summed E-state index contributed by atoms with van der Waals surface area (Å²) < 4.78 is 2.32. The van der Waals surface area contributed by atoms with Crippen molar-refractivity contribution < 1.29 is 0 Å². The molecule has 2 aromatic carbocycles. The van der Waals surface area contributed by atoms with E-state index in [4.69, 9.17) is 16.6 Å². The molecule has 1 fully saturated rings. The molecule has 0 radical (unpaired) electrons. The molecule has 2 heterocycles. The Bertz CT molecular complexity index is 812. The van der Waals surface area contributed by atoms with Gasteiger partial charge in [0.25, 0.3) is 0 Å². The van der Waals surface area contributed by atoms with E-state index in [1.807, 2.05) is 6.07 Å². The Hall–Kier alpha value is -1.84. The first kappa shape index (κ1) is 15.7. The first-order valence-electron chi connectivity index (χ1n) is 8.63. The fraction of sp³-hybridized carbons (Fsp3) is 0.350. The molecule has 124 valence electrons. The second kappa shape index (κ2) is 6.96. The van der Waals surface area contributed by atoms with Crippen LogP contribution in [-0.2, 0) is 19.0 Å². The van der Waals surface area contributed by atoms with Crippen LogP contribution in [0.25, 0.3) is 11.0 Å². The van der Waals surface area contributed by atoms with Crippen molar-refractivity contribution in [2.75, 3.05) is 6.54 Å². The van der Waals surface area contributed by atoms with Crippen LogP contribution in [0.2, 0.25) is 0 Å². The predicted octanol–water partition coefficient (Wildman–Crippen LogP) is 4.44. The molecular formula is C20H22ClN3. The quantitative estimate of drug-likeness (QED) is 0.641. The number of halogens is 1. The van der Waals surface area contributed by atoms with E-state index in [0.717, 1.165) is 24.4 Å². The van der Waals surface area contributed by atoms with Crippen molar-refractivity contribution in [2.45, 2.75) is 37.9 Å². The van der Waals surface area contributed by atoms with Gasteiger partial charge in [0.05, 0.1) is 16.9 Å². The molecule has 24 heavy (non-hydrogen) atoms. The Morgan fingerprint density at radius 1 is 1.04 bits per heavy atom. The Morgan fingerprint density at radius 3 is 2.67 bits per heavy atom. The lowest BCUT2D eigenvalue weighted by Crippen LogP contribution is -2.32. The maximum absolute atomic E-state index is 6.16. The number of imidazole rings is 1. The topological polar surface area (TPSA) is 21.1 Å². The van der Waals surface area contributed by atoms with Crippen molar-refractivity contribution in [1.82, 2.24) is 14.5 Å². The molecule has 1 aliphatic rings. The smallest absolute Gasteiger partial charge is 0.124 e. The predicted molar refractivity (Wildman–Crippen MR) is 99.2 cm³/mol. The lowest BCUT2D eigenvalue weighted by molar-refractivity contribution is 0.225. The Labute approximate surface area is 147 Å². The summed E-state index contributed by atoms with van der Waals surface area (Å²) in [5.74, 6) is 1.43. The SMILES string of the molecule is ClCc1nc2ccccc2n1C[C@H]1CCCN1Cc1ccccc1. The fourth-order valence-electron chi connectivity index (χ4n) is 3.77. The van der Waals surface area contributed by atoms with Crippen LogP contribution < -0.4 is 0 Å². The molecule has 4 rings (SSSR count). The molecule has 0 spiro atoms. The highest BCUT2D eigenvalue weighted by Crippen LogP contribution is 2.25. The first-order chi connectivity index (χ1) is 11.8. The summed E-state index contributed by atoms with van der Waals surface area (Å²) in [5, 5.41) is 0. The Kier molecular flexibility index (Phi) is 4.54. The van der Waals surface area contributed by atoms with E-state index in [1.165, 1.54) is 30.5 Å². The minimum Gasteiger partial charge on any atom is -0.325 e. The van der Waals surface area contributed by atoms with Gasteiger partial charge in [0, 0.05) is 19.1 Å². The average molecular weight is 340 g/mol. The zero-order valence-corrected chi connectivity index (χ0v) is 14.5. The molecule has 0 unspecified atom stereocenters. The second-order valence-electron chi connectivity index (χ2n) is 6.51. The molecule has 3 aromatic rings. The van der Waals surface area contributed by atoms with Crippen LogP contribution in [0, 0.1) is 0 Å². The van der Waals surface area contributed by atoms with Gasteiger partial charge in [0.1, 0.15) is 5.82 Å². The van der Waals surface area contributed by atoms with Crippen LogP contribution in [0.3, 0.4) is 0 Å². The van der Waals surface area contributed by atoms with Crippen molar-refractivity contribution in [1.29, 1.82) is 0 Å². The number of fused-ring (bicyclic) bond motifs is 1. The molecule has 1 aliphatic heterocycles. The number of benzene rings is 2. The average Bonchev–Trinajstić information content (AvgIpc) is 3.21. The lowest BCUT2D eigenvalue weighted by Gasteiger charge is -2.25. The van der Waals surface area contributed by atoms with Gasteiger partial charge in [-0.2, -0.15) is 0 Å². The van der Waals surface area contributed by atoms with Gasteiger partial charge in [-0.05, 0) is 37.1 Å². The number of likely N-dealkylation sites (tertiary alicyclic amines) is 1. The van der Waals surface area contributed by atoms with Gasteiger partial charge in [0.2, 0.25) is 0 Å². The van der Waals surface area contributed by atoms with Gasteiger partial charge in [0.15, 0.2) is 0 Å². The molecule has 0 aliphatic carbocycles. The molecule has 4 heteroatoms.